The van der Waals surface area contributed by atoms with Gasteiger partial charge in [0.15, 0.2) is 5.82 Å². The molecule has 118 valence electrons. The van der Waals surface area contributed by atoms with E-state index >= 15 is 0 Å². The maximum absolute atomic E-state index is 12.3. The fraction of sp³-hybridized carbons (Fsp3) is 0.294. The van der Waals surface area contributed by atoms with Gasteiger partial charge in [0.2, 0.25) is 0 Å². The zero-order chi connectivity index (χ0) is 16.7. The van der Waals surface area contributed by atoms with Crippen molar-refractivity contribution in [2.24, 2.45) is 10.1 Å². The Balaban J connectivity index is 2.09. The molecule has 0 radical (unpaired) electrons. The Labute approximate surface area is 134 Å². The second kappa shape index (κ2) is 5.46. The molecule has 0 aliphatic carbocycles. The third-order valence-corrected chi connectivity index (χ3v) is 3.94. The summed E-state index contributed by atoms with van der Waals surface area (Å²) in [6, 6.07) is 7.89. The highest BCUT2D eigenvalue weighted by Crippen LogP contribution is 2.20. The number of hydrogen-bond acceptors (Lipinski definition) is 5. The molecular formula is C17H19N5O. The van der Waals surface area contributed by atoms with Crippen molar-refractivity contribution >= 4 is 22.8 Å². The average molecular weight is 309 g/mol. The minimum atomic E-state index is -0.139. The molecule has 0 fully saturated rings. The molecule has 2 aromatic rings. The van der Waals surface area contributed by atoms with Crippen LogP contribution in [-0.4, -0.2) is 35.2 Å². The van der Waals surface area contributed by atoms with Crippen molar-refractivity contribution in [3.8, 4) is 0 Å². The number of rotatable bonds is 2. The molecule has 2 heterocycles. The van der Waals surface area contributed by atoms with Crippen LogP contribution in [0.5, 0.6) is 0 Å². The van der Waals surface area contributed by atoms with Gasteiger partial charge in [-0.25, -0.2) is 9.98 Å². The molecule has 23 heavy (non-hydrogen) atoms. The standard InChI is InChI=1S/C17H19N5O/c1-10-11(2)18-16-15(12(3)20-22(16)17(10)23)19-13-6-8-14(9-7-13)21(4)5/h6-9H,1-5H3. The van der Waals surface area contributed by atoms with Crippen LogP contribution < -0.4 is 10.5 Å². The summed E-state index contributed by atoms with van der Waals surface area (Å²) in [5, 5.41) is 4.30. The van der Waals surface area contributed by atoms with Crippen LogP contribution in [0.15, 0.2) is 39.2 Å². The maximum atomic E-state index is 12.3. The Bertz CT molecular complexity index is 888. The summed E-state index contributed by atoms with van der Waals surface area (Å²) in [6.45, 7) is 5.43. The first-order chi connectivity index (χ1) is 10.9. The molecule has 6 heteroatoms. The lowest BCUT2D eigenvalue weighted by Gasteiger charge is -2.11. The Hall–Kier alpha value is -2.76. The second-order valence-corrected chi connectivity index (χ2v) is 5.82. The minimum Gasteiger partial charge on any atom is -0.378 e. The molecule has 0 saturated carbocycles. The summed E-state index contributed by atoms with van der Waals surface area (Å²) in [5.41, 5.74) is 4.43. The van der Waals surface area contributed by atoms with Crippen LogP contribution in [0.2, 0.25) is 0 Å². The number of hydrogen-bond donors (Lipinski definition) is 0. The molecule has 1 aliphatic rings. The van der Waals surface area contributed by atoms with Gasteiger partial charge in [0.1, 0.15) is 5.71 Å². The average Bonchev–Trinajstić information content (AvgIpc) is 2.82. The Morgan fingerprint density at radius 1 is 1.09 bits per heavy atom. The molecule has 0 amide bonds. The van der Waals surface area contributed by atoms with E-state index in [1.165, 1.54) is 4.68 Å². The summed E-state index contributed by atoms with van der Waals surface area (Å²) in [7, 11) is 3.98. The quantitative estimate of drug-likeness (QED) is 0.855. The lowest BCUT2D eigenvalue weighted by molar-refractivity contribution is 0.779. The van der Waals surface area contributed by atoms with Crippen molar-refractivity contribution in [3.05, 3.63) is 51.7 Å². The van der Waals surface area contributed by atoms with Gasteiger partial charge in [-0.05, 0) is 45.0 Å². The van der Waals surface area contributed by atoms with Crippen LogP contribution in [-0.2, 0) is 0 Å². The number of aliphatic imine (C=N–C) groups is 1. The molecule has 0 saturated heterocycles. The number of nitrogens with zero attached hydrogens (tertiary/aromatic N) is 5. The normalized spacial score (nSPS) is 14.8. The van der Waals surface area contributed by atoms with Crippen molar-refractivity contribution in [1.82, 2.24) is 9.66 Å². The molecule has 1 aliphatic heterocycles. The van der Waals surface area contributed by atoms with Gasteiger partial charge in [-0.3, -0.25) is 4.79 Å². The summed E-state index contributed by atoms with van der Waals surface area (Å²) >= 11 is 0. The van der Waals surface area contributed by atoms with Gasteiger partial charge in [0.25, 0.3) is 5.56 Å². The minimum absolute atomic E-state index is 0.139. The van der Waals surface area contributed by atoms with Crippen LogP contribution in [0.4, 0.5) is 11.4 Å². The van der Waals surface area contributed by atoms with E-state index in [-0.39, 0.29) is 5.56 Å². The van der Waals surface area contributed by atoms with Gasteiger partial charge < -0.3 is 4.90 Å². The van der Waals surface area contributed by atoms with E-state index in [4.69, 9.17) is 0 Å². The van der Waals surface area contributed by atoms with E-state index < -0.39 is 0 Å². The molecule has 0 unspecified atom stereocenters. The molecule has 6 nitrogen and oxygen atoms in total. The lowest BCUT2D eigenvalue weighted by Crippen LogP contribution is -2.24. The maximum Gasteiger partial charge on any atom is 0.277 e. The van der Waals surface area contributed by atoms with Gasteiger partial charge in [-0.2, -0.15) is 9.78 Å². The molecule has 1 aromatic heterocycles. The van der Waals surface area contributed by atoms with Crippen molar-refractivity contribution < 1.29 is 0 Å². The predicted molar refractivity (Wildman–Crippen MR) is 93.4 cm³/mol. The summed E-state index contributed by atoms with van der Waals surface area (Å²) in [5.74, 6) is 0.507. The van der Waals surface area contributed by atoms with Crippen LogP contribution in [0.1, 0.15) is 24.0 Å². The van der Waals surface area contributed by atoms with Crippen molar-refractivity contribution in [2.45, 2.75) is 20.8 Å². The highest BCUT2D eigenvalue weighted by atomic mass is 16.1. The SMILES string of the molecule is CC1=Nn2c(nc(C)c(C)c2=O)C1=Nc1ccc(N(C)C)cc1. The molecule has 0 bridgehead atoms. The van der Waals surface area contributed by atoms with Crippen LogP contribution in [0, 0.1) is 13.8 Å². The van der Waals surface area contributed by atoms with Crippen LogP contribution in [0.25, 0.3) is 0 Å². The Kier molecular flexibility index (Phi) is 3.60. The predicted octanol–water partition coefficient (Wildman–Crippen LogP) is 2.28. The van der Waals surface area contributed by atoms with Gasteiger partial charge in [-0.1, -0.05) is 0 Å². The van der Waals surface area contributed by atoms with E-state index in [1.54, 1.807) is 6.92 Å². The van der Waals surface area contributed by atoms with Crippen molar-refractivity contribution in [1.29, 1.82) is 0 Å². The fourth-order valence-electron chi connectivity index (χ4n) is 2.39. The second-order valence-electron chi connectivity index (χ2n) is 5.82. The summed E-state index contributed by atoms with van der Waals surface area (Å²) < 4.78 is 1.34. The number of benzene rings is 1. The summed E-state index contributed by atoms with van der Waals surface area (Å²) in [4.78, 5) is 23.5. The van der Waals surface area contributed by atoms with E-state index in [2.05, 4.69) is 15.1 Å². The van der Waals surface area contributed by atoms with Gasteiger partial charge in [0.05, 0.1) is 11.4 Å². The largest absolute Gasteiger partial charge is 0.378 e. The topological polar surface area (TPSA) is 62.9 Å². The monoisotopic (exact) mass is 309 g/mol. The number of fused-ring (bicyclic) bond motifs is 1. The first kappa shape index (κ1) is 15.1. The molecule has 0 atom stereocenters. The zero-order valence-corrected chi connectivity index (χ0v) is 14.0. The van der Waals surface area contributed by atoms with E-state index in [9.17, 15) is 4.79 Å². The highest BCUT2D eigenvalue weighted by Gasteiger charge is 2.24. The van der Waals surface area contributed by atoms with Crippen LogP contribution in [0.3, 0.4) is 0 Å². The molecule has 0 spiro atoms. The summed E-state index contributed by atoms with van der Waals surface area (Å²) in [6.07, 6.45) is 0. The Morgan fingerprint density at radius 3 is 2.35 bits per heavy atom. The van der Waals surface area contributed by atoms with Gasteiger partial charge >= 0.3 is 0 Å². The van der Waals surface area contributed by atoms with Crippen molar-refractivity contribution in [3.63, 3.8) is 0 Å². The van der Waals surface area contributed by atoms with E-state index in [0.29, 0.717) is 28.5 Å². The highest BCUT2D eigenvalue weighted by molar-refractivity contribution is 6.48. The first-order valence-corrected chi connectivity index (χ1v) is 7.41. The van der Waals surface area contributed by atoms with Crippen LogP contribution >= 0.6 is 0 Å². The van der Waals surface area contributed by atoms with Gasteiger partial charge in [-0.15, -0.1) is 0 Å². The number of anilines is 1. The molecule has 0 N–H and O–H groups in total. The third-order valence-electron chi connectivity index (χ3n) is 3.94. The molecular weight excluding hydrogens is 290 g/mol. The molecule has 1 aromatic carbocycles. The lowest BCUT2D eigenvalue weighted by atomic mass is 10.2. The van der Waals surface area contributed by atoms with E-state index in [0.717, 1.165) is 11.4 Å². The van der Waals surface area contributed by atoms with E-state index in [1.807, 2.05) is 57.1 Å². The zero-order valence-electron chi connectivity index (χ0n) is 14.0. The third kappa shape index (κ3) is 2.56. The van der Waals surface area contributed by atoms with Gasteiger partial charge in [0, 0.05) is 31.0 Å². The fourth-order valence-corrected chi connectivity index (χ4v) is 2.39. The van der Waals surface area contributed by atoms with Crippen molar-refractivity contribution in [2.75, 3.05) is 19.0 Å². The smallest absolute Gasteiger partial charge is 0.277 e. The number of aryl methyl sites for hydroxylation is 1. The molecule has 3 rings (SSSR count). The number of aromatic nitrogens is 2. The first-order valence-electron chi connectivity index (χ1n) is 7.41. The Morgan fingerprint density at radius 2 is 1.74 bits per heavy atom.